The summed E-state index contributed by atoms with van der Waals surface area (Å²) in [7, 11) is 0. The summed E-state index contributed by atoms with van der Waals surface area (Å²) in [5.74, 6) is -1.33. The number of hydrogen-bond donors (Lipinski definition) is 3. The third-order valence-corrected chi connectivity index (χ3v) is 2.63. The molecule has 0 saturated carbocycles. The van der Waals surface area contributed by atoms with Crippen LogP contribution in [0.4, 0.5) is 4.79 Å². The van der Waals surface area contributed by atoms with E-state index in [4.69, 9.17) is 5.11 Å². The van der Waals surface area contributed by atoms with Gasteiger partial charge >= 0.3 is 12.0 Å². The molecule has 20 heavy (non-hydrogen) atoms. The van der Waals surface area contributed by atoms with E-state index in [1.54, 1.807) is 6.92 Å². The number of likely N-dealkylation sites (N-methyl/N-ethyl adjacent to an activating group) is 1. The van der Waals surface area contributed by atoms with E-state index in [1.807, 2.05) is 20.8 Å². The predicted octanol–water partition coefficient (Wildman–Crippen LogP) is 0.796. The average molecular weight is 287 g/mol. The molecule has 0 rings (SSSR count). The molecule has 116 valence electrons. The van der Waals surface area contributed by atoms with E-state index in [9.17, 15) is 14.4 Å². The van der Waals surface area contributed by atoms with Gasteiger partial charge in [-0.1, -0.05) is 13.3 Å². The van der Waals surface area contributed by atoms with Crippen LogP contribution in [0.25, 0.3) is 0 Å². The molecule has 0 heterocycles. The number of aliphatic carboxylic acids is 1. The lowest BCUT2D eigenvalue weighted by molar-refractivity contribution is -0.139. The number of carboxylic acids is 1. The van der Waals surface area contributed by atoms with Crippen molar-refractivity contribution in [3.05, 3.63) is 0 Å². The van der Waals surface area contributed by atoms with Crippen LogP contribution in [0, 0.1) is 0 Å². The highest BCUT2D eigenvalue weighted by Crippen LogP contribution is 1.99. The number of urea groups is 1. The van der Waals surface area contributed by atoms with Crippen LogP contribution >= 0.6 is 0 Å². The van der Waals surface area contributed by atoms with Gasteiger partial charge in [0.25, 0.3) is 0 Å². The minimum Gasteiger partial charge on any atom is -0.480 e. The Morgan fingerprint density at radius 1 is 1.15 bits per heavy atom. The molecular formula is C13H25N3O4. The Labute approximate surface area is 119 Å². The molecule has 0 fully saturated rings. The normalized spacial score (nSPS) is 11.8. The van der Waals surface area contributed by atoms with Crippen LogP contribution in [-0.2, 0) is 9.59 Å². The molecule has 0 aliphatic rings. The summed E-state index contributed by atoms with van der Waals surface area (Å²) >= 11 is 0. The largest absolute Gasteiger partial charge is 0.480 e. The molecule has 1 atom stereocenters. The molecule has 0 radical (unpaired) electrons. The van der Waals surface area contributed by atoms with E-state index < -0.39 is 18.0 Å². The third kappa shape index (κ3) is 6.96. The van der Waals surface area contributed by atoms with Gasteiger partial charge in [0.15, 0.2) is 0 Å². The lowest BCUT2D eigenvalue weighted by Crippen LogP contribution is -2.51. The maximum atomic E-state index is 12.0. The van der Waals surface area contributed by atoms with Crippen molar-refractivity contribution >= 4 is 17.9 Å². The second-order valence-corrected chi connectivity index (χ2v) is 4.87. The molecule has 0 bridgehead atoms. The fraction of sp³-hybridized carbons (Fsp3) is 0.769. The minimum absolute atomic E-state index is 0.00359. The summed E-state index contributed by atoms with van der Waals surface area (Å²) in [5.41, 5.74) is 0. The standard InChI is InChI=1S/C13H25N3O4/c1-5-7-10(12(18)19)15-13(20)16(6-2)8-11(17)14-9(3)4/h9-10H,5-8H2,1-4H3,(H,14,17)(H,15,20)(H,18,19). The zero-order valence-corrected chi connectivity index (χ0v) is 12.6. The van der Waals surface area contributed by atoms with Gasteiger partial charge in [-0.15, -0.1) is 0 Å². The number of hydrogen-bond acceptors (Lipinski definition) is 3. The summed E-state index contributed by atoms with van der Waals surface area (Å²) in [6.45, 7) is 7.48. The molecule has 0 saturated heterocycles. The van der Waals surface area contributed by atoms with Gasteiger partial charge in [-0.25, -0.2) is 9.59 Å². The number of carbonyl (C=O) groups excluding carboxylic acids is 2. The maximum absolute atomic E-state index is 12.0. The Bertz CT molecular complexity index is 345. The molecule has 7 heteroatoms. The lowest BCUT2D eigenvalue weighted by atomic mass is 10.2. The molecule has 7 nitrogen and oxygen atoms in total. The summed E-state index contributed by atoms with van der Waals surface area (Å²) < 4.78 is 0. The molecule has 0 aliphatic carbocycles. The van der Waals surface area contributed by atoms with Crippen molar-refractivity contribution in [2.24, 2.45) is 0 Å². The molecule has 0 aromatic rings. The monoisotopic (exact) mass is 287 g/mol. The number of nitrogens with zero attached hydrogens (tertiary/aromatic N) is 1. The lowest BCUT2D eigenvalue weighted by Gasteiger charge is -2.23. The number of carbonyl (C=O) groups is 3. The Morgan fingerprint density at radius 3 is 2.15 bits per heavy atom. The topological polar surface area (TPSA) is 98.7 Å². The van der Waals surface area contributed by atoms with Gasteiger partial charge in [-0.05, 0) is 27.2 Å². The van der Waals surface area contributed by atoms with E-state index in [1.165, 1.54) is 4.90 Å². The zero-order chi connectivity index (χ0) is 15.7. The number of carboxylic acid groups (broad SMARTS) is 1. The second-order valence-electron chi connectivity index (χ2n) is 4.87. The quantitative estimate of drug-likeness (QED) is 0.615. The second kappa shape index (κ2) is 9.17. The van der Waals surface area contributed by atoms with Crippen molar-refractivity contribution in [3.8, 4) is 0 Å². The van der Waals surface area contributed by atoms with Gasteiger partial charge < -0.3 is 20.6 Å². The van der Waals surface area contributed by atoms with Gasteiger partial charge in [-0.3, -0.25) is 4.79 Å². The van der Waals surface area contributed by atoms with E-state index in [2.05, 4.69) is 10.6 Å². The van der Waals surface area contributed by atoms with Crippen molar-refractivity contribution in [1.82, 2.24) is 15.5 Å². The summed E-state index contributed by atoms with van der Waals surface area (Å²) in [6, 6.07) is -1.46. The van der Waals surface area contributed by atoms with Gasteiger partial charge in [0.1, 0.15) is 12.6 Å². The minimum atomic E-state index is -1.07. The Hall–Kier alpha value is -1.79. The number of nitrogens with one attached hydrogen (secondary N) is 2. The summed E-state index contributed by atoms with van der Waals surface area (Å²) in [6.07, 6.45) is 1.01. The van der Waals surface area contributed by atoms with Crippen molar-refractivity contribution in [3.63, 3.8) is 0 Å². The molecule has 3 N–H and O–H groups in total. The molecule has 0 aliphatic heterocycles. The summed E-state index contributed by atoms with van der Waals surface area (Å²) in [4.78, 5) is 35.9. The molecule has 0 spiro atoms. The van der Waals surface area contributed by atoms with Crippen molar-refractivity contribution in [2.45, 2.75) is 52.6 Å². The van der Waals surface area contributed by atoms with Crippen LogP contribution in [0.2, 0.25) is 0 Å². The van der Waals surface area contributed by atoms with Crippen LogP contribution in [0.15, 0.2) is 0 Å². The van der Waals surface area contributed by atoms with Crippen LogP contribution < -0.4 is 10.6 Å². The molecule has 0 aromatic carbocycles. The average Bonchev–Trinajstić information content (AvgIpc) is 2.34. The molecule has 1 unspecified atom stereocenters. The van der Waals surface area contributed by atoms with Crippen LogP contribution in [0.5, 0.6) is 0 Å². The Kier molecular flexibility index (Phi) is 8.35. The maximum Gasteiger partial charge on any atom is 0.326 e. The smallest absolute Gasteiger partial charge is 0.326 e. The van der Waals surface area contributed by atoms with Crippen molar-refractivity contribution in [1.29, 1.82) is 0 Å². The highest BCUT2D eigenvalue weighted by atomic mass is 16.4. The van der Waals surface area contributed by atoms with Crippen molar-refractivity contribution in [2.75, 3.05) is 13.1 Å². The molecular weight excluding hydrogens is 262 g/mol. The fourth-order valence-electron chi connectivity index (χ4n) is 1.65. The first-order chi connectivity index (χ1) is 9.31. The Balaban J connectivity index is 4.53. The first-order valence-corrected chi connectivity index (χ1v) is 6.89. The highest BCUT2D eigenvalue weighted by Gasteiger charge is 2.23. The number of rotatable bonds is 8. The SMILES string of the molecule is CCCC(NC(=O)N(CC)CC(=O)NC(C)C)C(=O)O. The van der Waals surface area contributed by atoms with Gasteiger partial charge in [0.05, 0.1) is 0 Å². The molecule has 0 aromatic heterocycles. The van der Waals surface area contributed by atoms with Crippen LogP contribution in [0.3, 0.4) is 0 Å². The fourth-order valence-corrected chi connectivity index (χ4v) is 1.65. The Morgan fingerprint density at radius 2 is 1.75 bits per heavy atom. The third-order valence-electron chi connectivity index (χ3n) is 2.63. The van der Waals surface area contributed by atoms with E-state index in [0.29, 0.717) is 19.4 Å². The van der Waals surface area contributed by atoms with E-state index in [-0.39, 0.29) is 18.5 Å². The van der Waals surface area contributed by atoms with Crippen LogP contribution in [-0.4, -0.2) is 53.1 Å². The number of amides is 3. The first kappa shape index (κ1) is 18.2. The zero-order valence-electron chi connectivity index (χ0n) is 12.6. The van der Waals surface area contributed by atoms with E-state index in [0.717, 1.165) is 0 Å². The first-order valence-electron chi connectivity index (χ1n) is 6.89. The van der Waals surface area contributed by atoms with Crippen molar-refractivity contribution < 1.29 is 19.5 Å². The van der Waals surface area contributed by atoms with Gasteiger partial charge in [0.2, 0.25) is 5.91 Å². The van der Waals surface area contributed by atoms with Gasteiger partial charge in [0, 0.05) is 12.6 Å². The predicted molar refractivity (Wildman–Crippen MR) is 75.4 cm³/mol. The van der Waals surface area contributed by atoms with E-state index >= 15 is 0 Å². The summed E-state index contributed by atoms with van der Waals surface area (Å²) in [5, 5.41) is 14.1. The highest BCUT2D eigenvalue weighted by molar-refractivity contribution is 5.86. The van der Waals surface area contributed by atoms with Gasteiger partial charge in [-0.2, -0.15) is 0 Å². The van der Waals surface area contributed by atoms with Crippen LogP contribution in [0.1, 0.15) is 40.5 Å². The molecule has 3 amide bonds.